The predicted molar refractivity (Wildman–Crippen MR) is 71.3 cm³/mol. The van der Waals surface area contributed by atoms with Crippen LogP contribution in [-0.2, 0) is 6.42 Å². The maximum absolute atomic E-state index is 13.3. The molecule has 18 heavy (non-hydrogen) atoms. The SMILES string of the molecule is Cc1occc1C(Cc1cc(F)cc(Br)c1)NN. The van der Waals surface area contributed by atoms with Crippen LogP contribution in [0.25, 0.3) is 0 Å². The normalized spacial score (nSPS) is 12.7. The number of hydrazine groups is 1. The maximum Gasteiger partial charge on any atom is 0.124 e. The average molecular weight is 313 g/mol. The Morgan fingerprint density at radius 3 is 2.78 bits per heavy atom. The molecule has 0 aliphatic heterocycles. The molecule has 3 nitrogen and oxygen atoms in total. The van der Waals surface area contributed by atoms with Crippen LogP contribution in [0.15, 0.2) is 39.4 Å². The van der Waals surface area contributed by atoms with E-state index in [2.05, 4.69) is 21.4 Å². The molecule has 0 radical (unpaired) electrons. The van der Waals surface area contributed by atoms with Crippen molar-refractivity contribution in [2.75, 3.05) is 0 Å². The number of nitrogens with one attached hydrogen (secondary N) is 1. The van der Waals surface area contributed by atoms with Crippen LogP contribution in [0.4, 0.5) is 4.39 Å². The summed E-state index contributed by atoms with van der Waals surface area (Å²) in [6.07, 6.45) is 2.21. The van der Waals surface area contributed by atoms with E-state index in [9.17, 15) is 4.39 Å². The van der Waals surface area contributed by atoms with Gasteiger partial charge in [0, 0.05) is 10.0 Å². The fraction of sp³-hybridized carbons (Fsp3) is 0.231. The number of furan rings is 1. The minimum atomic E-state index is -0.265. The van der Waals surface area contributed by atoms with Crippen molar-refractivity contribution in [3.63, 3.8) is 0 Å². The topological polar surface area (TPSA) is 51.2 Å². The first-order chi connectivity index (χ1) is 8.60. The van der Waals surface area contributed by atoms with Gasteiger partial charge in [0.25, 0.3) is 0 Å². The molecular weight excluding hydrogens is 299 g/mol. The highest BCUT2D eigenvalue weighted by Gasteiger charge is 2.15. The second-order valence-electron chi connectivity index (χ2n) is 4.13. The molecule has 0 aliphatic rings. The van der Waals surface area contributed by atoms with E-state index in [1.54, 1.807) is 6.26 Å². The van der Waals surface area contributed by atoms with Gasteiger partial charge in [0.15, 0.2) is 0 Å². The zero-order valence-corrected chi connectivity index (χ0v) is 11.5. The summed E-state index contributed by atoms with van der Waals surface area (Å²) >= 11 is 3.28. The minimum absolute atomic E-state index is 0.0996. The first kappa shape index (κ1) is 13.3. The lowest BCUT2D eigenvalue weighted by Gasteiger charge is -2.15. The summed E-state index contributed by atoms with van der Waals surface area (Å²) in [5.41, 5.74) is 4.59. The highest BCUT2D eigenvalue weighted by atomic mass is 79.9. The van der Waals surface area contributed by atoms with Gasteiger partial charge in [0.2, 0.25) is 0 Å². The lowest BCUT2D eigenvalue weighted by atomic mass is 10.00. The number of halogens is 2. The van der Waals surface area contributed by atoms with Gasteiger partial charge in [-0.2, -0.15) is 0 Å². The van der Waals surface area contributed by atoms with Crippen LogP contribution in [0.3, 0.4) is 0 Å². The molecule has 0 aliphatic carbocycles. The quantitative estimate of drug-likeness (QED) is 0.673. The van der Waals surface area contributed by atoms with Crippen LogP contribution >= 0.6 is 15.9 Å². The number of rotatable bonds is 4. The van der Waals surface area contributed by atoms with E-state index in [4.69, 9.17) is 10.3 Å². The van der Waals surface area contributed by atoms with Crippen molar-refractivity contribution < 1.29 is 8.81 Å². The fourth-order valence-electron chi connectivity index (χ4n) is 1.98. The highest BCUT2D eigenvalue weighted by Crippen LogP contribution is 2.24. The Hall–Kier alpha value is -1.17. The molecule has 0 bridgehead atoms. The molecule has 1 heterocycles. The standard InChI is InChI=1S/C13H14BrFN2O/c1-8-12(2-3-18-8)13(17-16)6-9-4-10(14)7-11(15)5-9/h2-5,7,13,17H,6,16H2,1H3. The van der Waals surface area contributed by atoms with Crippen molar-refractivity contribution in [1.82, 2.24) is 5.43 Å². The zero-order valence-electron chi connectivity index (χ0n) is 9.91. The van der Waals surface area contributed by atoms with E-state index < -0.39 is 0 Å². The van der Waals surface area contributed by atoms with Crippen molar-refractivity contribution in [3.8, 4) is 0 Å². The molecule has 1 atom stereocenters. The molecule has 1 aromatic heterocycles. The Morgan fingerprint density at radius 1 is 1.44 bits per heavy atom. The van der Waals surface area contributed by atoms with Gasteiger partial charge in [-0.15, -0.1) is 0 Å². The summed E-state index contributed by atoms with van der Waals surface area (Å²) in [6, 6.07) is 6.58. The molecule has 96 valence electrons. The first-order valence-corrected chi connectivity index (χ1v) is 6.34. The Kier molecular flexibility index (Phi) is 4.16. The smallest absolute Gasteiger partial charge is 0.124 e. The Labute approximate surface area is 113 Å². The lowest BCUT2D eigenvalue weighted by molar-refractivity contribution is 0.501. The van der Waals surface area contributed by atoms with E-state index in [1.165, 1.54) is 12.1 Å². The van der Waals surface area contributed by atoms with E-state index in [0.29, 0.717) is 6.42 Å². The molecule has 2 aromatic rings. The summed E-state index contributed by atoms with van der Waals surface area (Å²) in [7, 11) is 0. The third-order valence-electron chi connectivity index (χ3n) is 2.84. The van der Waals surface area contributed by atoms with Crippen LogP contribution in [0.1, 0.15) is 22.9 Å². The molecule has 2 rings (SSSR count). The molecule has 0 fully saturated rings. The third-order valence-corrected chi connectivity index (χ3v) is 3.30. The van der Waals surface area contributed by atoms with Crippen molar-refractivity contribution in [2.24, 2.45) is 5.84 Å². The second-order valence-corrected chi connectivity index (χ2v) is 5.05. The molecule has 0 saturated heterocycles. The van der Waals surface area contributed by atoms with Crippen molar-refractivity contribution in [1.29, 1.82) is 0 Å². The van der Waals surface area contributed by atoms with Crippen molar-refractivity contribution in [2.45, 2.75) is 19.4 Å². The Balaban J connectivity index is 2.23. The Bertz CT molecular complexity index is 521. The van der Waals surface area contributed by atoms with Gasteiger partial charge in [0.1, 0.15) is 11.6 Å². The molecule has 0 amide bonds. The van der Waals surface area contributed by atoms with Crippen LogP contribution in [-0.4, -0.2) is 0 Å². The molecule has 0 saturated carbocycles. The van der Waals surface area contributed by atoms with Gasteiger partial charge in [-0.3, -0.25) is 11.3 Å². The Morgan fingerprint density at radius 2 is 2.22 bits per heavy atom. The maximum atomic E-state index is 13.3. The summed E-state index contributed by atoms with van der Waals surface area (Å²) in [5.74, 6) is 6.11. The third kappa shape index (κ3) is 2.98. The van der Waals surface area contributed by atoms with Gasteiger partial charge < -0.3 is 4.42 Å². The van der Waals surface area contributed by atoms with Gasteiger partial charge in [-0.05, 0) is 43.2 Å². The number of aryl methyl sites for hydroxylation is 1. The highest BCUT2D eigenvalue weighted by molar-refractivity contribution is 9.10. The van der Waals surface area contributed by atoms with E-state index in [-0.39, 0.29) is 11.9 Å². The zero-order chi connectivity index (χ0) is 13.1. The van der Waals surface area contributed by atoms with E-state index >= 15 is 0 Å². The van der Waals surface area contributed by atoms with Gasteiger partial charge >= 0.3 is 0 Å². The molecule has 0 spiro atoms. The molecular formula is C13H14BrFN2O. The van der Waals surface area contributed by atoms with E-state index in [1.807, 2.05) is 19.1 Å². The lowest BCUT2D eigenvalue weighted by Crippen LogP contribution is -2.29. The number of hydrogen-bond acceptors (Lipinski definition) is 3. The fourth-order valence-corrected chi connectivity index (χ4v) is 2.49. The summed E-state index contributed by atoms with van der Waals surface area (Å²) in [4.78, 5) is 0. The van der Waals surface area contributed by atoms with E-state index in [0.717, 1.165) is 21.4 Å². The molecule has 1 unspecified atom stereocenters. The summed E-state index contributed by atoms with van der Waals surface area (Å²) in [5, 5.41) is 0. The number of hydrogen-bond donors (Lipinski definition) is 2. The predicted octanol–water partition coefficient (Wildman–Crippen LogP) is 3.24. The summed E-state index contributed by atoms with van der Waals surface area (Å²) < 4.78 is 19.3. The van der Waals surface area contributed by atoms with Crippen molar-refractivity contribution >= 4 is 15.9 Å². The molecule has 5 heteroatoms. The minimum Gasteiger partial charge on any atom is -0.469 e. The largest absolute Gasteiger partial charge is 0.469 e. The van der Waals surface area contributed by atoms with Crippen LogP contribution in [0.2, 0.25) is 0 Å². The number of nitrogens with two attached hydrogens (primary N) is 1. The summed E-state index contributed by atoms with van der Waals surface area (Å²) in [6.45, 7) is 1.88. The van der Waals surface area contributed by atoms with Crippen LogP contribution in [0.5, 0.6) is 0 Å². The van der Waals surface area contributed by atoms with Crippen LogP contribution in [0, 0.1) is 12.7 Å². The molecule has 1 aromatic carbocycles. The monoisotopic (exact) mass is 312 g/mol. The van der Waals surface area contributed by atoms with Gasteiger partial charge in [-0.25, -0.2) is 4.39 Å². The van der Waals surface area contributed by atoms with Gasteiger partial charge in [-0.1, -0.05) is 15.9 Å². The first-order valence-electron chi connectivity index (χ1n) is 5.55. The second kappa shape index (κ2) is 5.65. The van der Waals surface area contributed by atoms with Gasteiger partial charge in [0.05, 0.1) is 12.3 Å². The average Bonchev–Trinajstić information content (AvgIpc) is 2.71. The van der Waals surface area contributed by atoms with Crippen LogP contribution < -0.4 is 11.3 Å². The van der Waals surface area contributed by atoms with Crippen molar-refractivity contribution in [3.05, 3.63) is 57.7 Å². The number of benzene rings is 1. The molecule has 3 N–H and O–H groups in total.